The van der Waals surface area contributed by atoms with Crippen LogP contribution in [0.5, 0.6) is 0 Å². The fraction of sp³-hybridized carbons (Fsp3) is 0.762. The molecule has 202 valence electrons. The van der Waals surface area contributed by atoms with Crippen LogP contribution < -0.4 is 38.9 Å². The van der Waals surface area contributed by atoms with Crippen LogP contribution in [0.15, 0.2) is 0 Å². The Bertz CT molecular complexity index is 697. The minimum atomic E-state index is -1.34. The fourth-order valence-corrected chi connectivity index (χ4v) is 3.61. The van der Waals surface area contributed by atoms with Gasteiger partial charge in [-0.1, -0.05) is 0 Å². The van der Waals surface area contributed by atoms with Gasteiger partial charge in [-0.05, 0) is 70.0 Å². The molecule has 14 heteroatoms. The molecule has 0 bridgehead atoms. The Morgan fingerprint density at radius 1 is 0.771 bits per heavy atom. The van der Waals surface area contributed by atoms with Crippen molar-refractivity contribution in [2.75, 3.05) is 25.1 Å². The number of rotatable bonds is 20. The van der Waals surface area contributed by atoms with Crippen LogP contribution in [0.1, 0.15) is 51.4 Å². The predicted molar refractivity (Wildman–Crippen MR) is 134 cm³/mol. The van der Waals surface area contributed by atoms with E-state index in [1.807, 2.05) is 6.26 Å². The molecular weight excluding hydrogens is 478 g/mol. The number of primary amides is 1. The van der Waals surface area contributed by atoms with E-state index in [-0.39, 0.29) is 12.8 Å². The minimum absolute atomic E-state index is 0.175. The minimum Gasteiger partial charge on any atom is -0.480 e. The molecule has 4 unspecified atom stereocenters. The third-order valence-corrected chi connectivity index (χ3v) is 5.79. The first kappa shape index (κ1) is 32.6. The van der Waals surface area contributed by atoms with E-state index in [0.29, 0.717) is 50.9 Å². The summed E-state index contributed by atoms with van der Waals surface area (Å²) in [4.78, 5) is 61.2. The number of thioether (sulfide) groups is 1. The zero-order chi connectivity index (χ0) is 26.8. The van der Waals surface area contributed by atoms with Gasteiger partial charge in [0.05, 0.1) is 12.5 Å². The molecule has 0 heterocycles. The lowest BCUT2D eigenvalue weighted by Crippen LogP contribution is -2.57. The van der Waals surface area contributed by atoms with Gasteiger partial charge >= 0.3 is 5.97 Å². The zero-order valence-corrected chi connectivity index (χ0v) is 21.1. The van der Waals surface area contributed by atoms with E-state index in [2.05, 4.69) is 16.0 Å². The Kier molecular flexibility index (Phi) is 17.5. The molecule has 0 radical (unpaired) electrons. The van der Waals surface area contributed by atoms with Crippen molar-refractivity contribution >= 4 is 41.4 Å². The maximum Gasteiger partial charge on any atom is 0.326 e. The van der Waals surface area contributed by atoms with Gasteiger partial charge in [0, 0.05) is 0 Å². The van der Waals surface area contributed by atoms with Crippen LogP contribution in [0.3, 0.4) is 0 Å². The molecule has 0 fully saturated rings. The van der Waals surface area contributed by atoms with E-state index >= 15 is 0 Å². The predicted octanol–water partition coefficient (Wildman–Crippen LogP) is -2.26. The zero-order valence-electron chi connectivity index (χ0n) is 20.3. The first-order chi connectivity index (χ1) is 16.6. The lowest BCUT2D eigenvalue weighted by atomic mass is 10.0. The van der Waals surface area contributed by atoms with Gasteiger partial charge in [0.15, 0.2) is 0 Å². The number of nitrogens with one attached hydrogen (secondary N) is 3. The number of aliphatic carboxylic acids is 1. The molecule has 0 saturated heterocycles. The smallest absolute Gasteiger partial charge is 0.326 e. The summed E-state index contributed by atoms with van der Waals surface area (Å²) in [7, 11) is 0. The average molecular weight is 520 g/mol. The van der Waals surface area contributed by atoms with Gasteiger partial charge < -0.3 is 44.0 Å². The summed E-state index contributed by atoms with van der Waals surface area (Å²) in [5, 5.41) is 16.8. The Morgan fingerprint density at radius 3 is 1.74 bits per heavy atom. The summed E-state index contributed by atoms with van der Waals surface area (Å²) in [5.74, 6) is -3.55. The van der Waals surface area contributed by atoms with E-state index in [1.54, 1.807) is 0 Å². The first-order valence-electron chi connectivity index (χ1n) is 11.6. The molecule has 0 aliphatic rings. The summed E-state index contributed by atoms with van der Waals surface area (Å²) in [6, 6.07) is -4.49. The van der Waals surface area contributed by atoms with Crippen LogP contribution in [0.2, 0.25) is 0 Å². The summed E-state index contributed by atoms with van der Waals surface area (Å²) >= 11 is 1.50. The Morgan fingerprint density at radius 2 is 1.26 bits per heavy atom. The van der Waals surface area contributed by atoms with Crippen LogP contribution in [0, 0.1) is 0 Å². The number of carbonyl (C=O) groups excluding carboxylic acids is 4. The standard InChI is InChI=1S/C21H41N7O6S/c1-35-11-8-13(24)18(30)28-16(12-17(25)29)20(32)26-14(6-2-4-9-22)19(31)27-15(21(33)34)7-3-5-10-23/h13-16H,2-12,22-24H2,1H3,(H2,25,29)(H,26,32)(H,27,31)(H,28,30)(H,33,34). The number of hydrogen-bond donors (Lipinski definition) is 8. The summed E-state index contributed by atoms with van der Waals surface area (Å²) in [6.45, 7) is 0.763. The molecule has 4 atom stereocenters. The number of unbranched alkanes of at least 4 members (excludes halogenated alkanes) is 2. The Hall–Kier alpha value is -2.42. The van der Waals surface area contributed by atoms with Crippen molar-refractivity contribution < 1.29 is 29.1 Å². The SMILES string of the molecule is CSCCC(N)C(=O)NC(CC(N)=O)C(=O)NC(CCCCN)C(=O)NC(CCCCN)C(=O)O. The van der Waals surface area contributed by atoms with E-state index in [1.165, 1.54) is 11.8 Å². The van der Waals surface area contributed by atoms with Crippen molar-refractivity contribution in [1.82, 2.24) is 16.0 Å². The van der Waals surface area contributed by atoms with Crippen LogP contribution in [-0.4, -0.2) is 84.0 Å². The van der Waals surface area contributed by atoms with Gasteiger partial charge in [-0.3, -0.25) is 19.2 Å². The fourth-order valence-electron chi connectivity index (χ4n) is 3.12. The molecule has 0 rings (SSSR count). The molecule has 0 aromatic carbocycles. The highest BCUT2D eigenvalue weighted by molar-refractivity contribution is 7.98. The van der Waals surface area contributed by atoms with Crippen molar-refractivity contribution in [3.8, 4) is 0 Å². The topological polar surface area (TPSA) is 246 Å². The van der Waals surface area contributed by atoms with Gasteiger partial charge in [-0.2, -0.15) is 11.8 Å². The molecule has 0 aliphatic heterocycles. The number of amides is 4. The quantitative estimate of drug-likeness (QED) is 0.0802. The molecular formula is C21H41N7O6S. The highest BCUT2D eigenvalue weighted by atomic mass is 32.2. The van der Waals surface area contributed by atoms with Crippen LogP contribution >= 0.6 is 11.8 Å². The number of nitrogens with two attached hydrogens (primary N) is 4. The van der Waals surface area contributed by atoms with E-state index < -0.39 is 60.2 Å². The molecule has 0 aliphatic carbocycles. The lowest BCUT2D eigenvalue weighted by Gasteiger charge is -2.25. The Labute approximate surface area is 210 Å². The van der Waals surface area contributed by atoms with Crippen LogP contribution in [0.4, 0.5) is 0 Å². The summed E-state index contributed by atoms with van der Waals surface area (Å²) in [6.07, 6.45) is 4.23. The van der Waals surface area contributed by atoms with Crippen LogP contribution in [0.25, 0.3) is 0 Å². The van der Waals surface area contributed by atoms with Crippen molar-refractivity contribution in [2.45, 2.75) is 75.5 Å². The molecule has 0 spiro atoms. The maximum absolute atomic E-state index is 12.9. The second-order valence-electron chi connectivity index (χ2n) is 8.15. The largest absolute Gasteiger partial charge is 0.480 e. The summed E-state index contributed by atoms with van der Waals surface area (Å²) in [5.41, 5.74) is 22.0. The van der Waals surface area contributed by atoms with Gasteiger partial charge in [0.1, 0.15) is 18.1 Å². The molecule has 0 saturated carbocycles. The van der Waals surface area contributed by atoms with Gasteiger partial charge in [0.25, 0.3) is 0 Å². The monoisotopic (exact) mass is 519 g/mol. The highest BCUT2D eigenvalue weighted by Crippen LogP contribution is 2.07. The number of hydrogen-bond acceptors (Lipinski definition) is 9. The molecule has 4 amide bonds. The van der Waals surface area contributed by atoms with Crippen molar-refractivity contribution in [2.24, 2.45) is 22.9 Å². The number of carboxylic acid groups (broad SMARTS) is 1. The maximum atomic E-state index is 12.9. The number of carboxylic acids is 1. The van der Waals surface area contributed by atoms with Gasteiger partial charge in [0.2, 0.25) is 23.6 Å². The van der Waals surface area contributed by atoms with E-state index in [0.717, 1.165) is 0 Å². The lowest BCUT2D eigenvalue weighted by molar-refractivity contribution is -0.142. The molecule has 12 N–H and O–H groups in total. The van der Waals surface area contributed by atoms with Gasteiger partial charge in [-0.25, -0.2) is 4.79 Å². The second kappa shape index (κ2) is 18.9. The van der Waals surface area contributed by atoms with Crippen molar-refractivity contribution in [1.29, 1.82) is 0 Å². The molecule has 0 aromatic rings. The van der Waals surface area contributed by atoms with Gasteiger partial charge in [-0.15, -0.1) is 0 Å². The highest BCUT2D eigenvalue weighted by Gasteiger charge is 2.30. The second-order valence-corrected chi connectivity index (χ2v) is 9.13. The van der Waals surface area contributed by atoms with E-state index in [9.17, 15) is 29.1 Å². The number of carbonyl (C=O) groups is 5. The normalized spacial score (nSPS) is 14.3. The third-order valence-electron chi connectivity index (χ3n) is 5.15. The molecule has 13 nitrogen and oxygen atoms in total. The van der Waals surface area contributed by atoms with Crippen LogP contribution in [-0.2, 0) is 24.0 Å². The molecule has 35 heavy (non-hydrogen) atoms. The van der Waals surface area contributed by atoms with Crippen molar-refractivity contribution in [3.05, 3.63) is 0 Å². The molecule has 0 aromatic heterocycles. The Balaban J connectivity index is 5.45. The first-order valence-corrected chi connectivity index (χ1v) is 13.0. The van der Waals surface area contributed by atoms with Crippen molar-refractivity contribution in [3.63, 3.8) is 0 Å². The third kappa shape index (κ3) is 14.5. The van der Waals surface area contributed by atoms with E-state index in [4.69, 9.17) is 22.9 Å². The average Bonchev–Trinajstić information content (AvgIpc) is 2.80. The summed E-state index contributed by atoms with van der Waals surface area (Å²) < 4.78 is 0.